The number of hydrogen-bond donors (Lipinski definition) is 1. The molecule has 4 nitrogen and oxygen atoms in total. The molecule has 1 heterocycles. The quantitative estimate of drug-likeness (QED) is 0.730. The van der Waals surface area contributed by atoms with Gasteiger partial charge in [-0.3, -0.25) is 0 Å². The number of anilines is 1. The molecule has 0 aliphatic carbocycles. The zero-order valence-electron chi connectivity index (χ0n) is 11.7. The molecule has 0 atom stereocenters. The van der Waals surface area contributed by atoms with E-state index < -0.39 is 0 Å². The zero-order valence-corrected chi connectivity index (χ0v) is 12.5. The van der Waals surface area contributed by atoms with E-state index in [1.807, 2.05) is 31.2 Å². The first-order valence-electron chi connectivity index (χ1n) is 6.46. The summed E-state index contributed by atoms with van der Waals surface area (Å²) in [6.07, 6.45) is 0. The largest absolute Gasteiger partial charge is 0.497 e. The average molecular weight is 300 g/mol. The molecule has 3 rings (SSSR count). The van der Waals surface area contributed by atoms with Crippen LogP contribution in [-0.2, 0) is 0 Å². The fourth-order valence-electron chi connectivity index (χ4n) is 2.34. The van der Waals surface area contributed by atoms with E-state index in [0.717, 1.165) is 33.5 Å². The molecule has 106 valence electrons. The summed E-state index contributed by atoms with van der Waals surface area (Å²) in [4.78, 5) is 0. The highest BCUT2D eigenvalue weighted by molar-refractivity contribution is 6.31. The van der Waals surface area contributed by atoms with E-state index in [0.29, 0.717) is 10.7 Å². The fraction of sp³-hybridized carbons (Fsp3) is 0.125. The van der Waals surface area contributed by atoms with E-state index in [-0.39, 0.29) is 0 Å². The number of rotatable bonds is 2. The first-order valence-corrected chi connectivity index (χ1v) is 6.84. The fourth-order valence-corrected chi connectivity index (χ4v) is 2.52. The van der Waals surface area contributed by atoms with Gasteiger partial charge in [0.05, 0.1) is 12.8 Å². The normalized spacial score (nSPS) is 10.8. The van der Waals surface area contributed by atoms with Gasteiger partial charge in [-0.1, -0.05) is 11.6 Å². The number of methoxy groups -OCH3 is 1. The summed E-state index contributed by atoms with van der Waals surface area (Å²) in [5, 5.41) is 11.1. The Bertz CT molecular complexity index is 833. The van der Waals surface area contributed by atoms with Crippen LogP contribution >= 0.6 is 11.6 Å². The molecule has 0 aliphatic rings. The topological polar surface area (TPSA) is 61.0 Å². The highest BCUT2D eigenvalue weighted by Gasteiger charge is 2.12. The Kier molecular flexibility index (Phi) is 3.39. The molecule has 0 fully saturated rings. The minimum absolute atomic E-state index is 0.574. The highest BCUT2D eigenvalue weighted by atomic mass is 35.5. The Morgan fingerprint density at radius 1 is 1.05 bits per heavy atom. The van der Waals surface area contributed by atoms with Gasteiger partial charge in [0.15, 0.2) is 0 Å². The number of nitrogen functional groups attached to an aromatic ring is 1. The lowest BCUT2D eigenvalue weighted by Gasteiger charge is -2.11. The van der Waals surface area contributed by atoms with Crippen molar-refractivity contribution in [3.05, 3.63) is 47.1 Å². The molecule has 0 bridgehead atoms. The molecule has 1 aromatic heterocycles. The summed E-state index contributed by atoms with van der Waals surface area (Å²) < 4.78 is 5.30. The van der Waals surface area contributed by atoms with Crippen molar-refractivity contribution in [1.29, 1.82) is 0 Å². The number of nitrogens with zero attached hydrogens (tertiary/aromatic N) is 2. The minimum atomic E-state index is 0.574. The number of fused-ring (bicyclic) bond motifs is 1. The Hall–Kier alpha value is -2.33. The Balaban J connectivity index is 2.34. The van der Waals surface area contributed by atoms with Gasteiger partial charge in [-0.2, -0.15) is 5.10 Å². The monoisotopic (exact) mass is 299 g/mol. The van der Waals surface area contributed by atoms with Crippen molar-refractivity contribution in [3.8, 4) is 17.0 Å². The van der Waals surface area contributed by atoms with Gasteiger partial charge in [0.25, 0.3) is 0 Å². The lowest BCUT2D eigenvalue weighted by molar-refractivity contribution is 0.415. The van der Waals surface area contributed by atoms with Crippen LogP contribution in [0.15, 0.2) is 36.4 Å². The summed E-state index contributed by atoms with van der Waals surface area (Å²) in [5.41, 5.74) is 9.04. The molecule has 0 saturated heterocycles. The zero-order chi connectivity index (χ0) is 15.0. The van der Waals surface area contributed by atoms with Gasteiger partial charge in [-0.25, -0.2) is 0 Å². The SMILES string of the molecule is COc1ccc2c(C)nnc(-c3ccc(Cl)cc3N)c2c1. The van der Waals surface area contributed by atoms with Crippen molar-refractivity contribution in [1.82, 2.24) is 10.2 Å². The van der Waals surface area contributed by atoms with Crippen LogP contribution in [0, 0.1) is 6.92 Å². The van der Waals surface area contributed by atoms with Crippen LogP contribution in [0.2, 0.25) is 5.02 Å². The van der Waals surface area contributed by atoms with E-state index in [2.05, 4.69) is 10.2 Å². The lowest BCUT2D eigenvalue weighted by Crippen LogP contribution is -1.97. The molecular weight excluding hydrogens is 286 g/mol. The van der Waals surface area contributed by atoms with Crippen LogP contribution in [0.5, 0.6) is 5.75 Å². The molecule has 2 aromatic carbocycles. The van der Waals surface area contributed by atoms with Gasteiger partial charge in [0.2, 0.25) is 0 Å². The second kappa shape index (κ2) is 5.22. The maximum Gasteiger partial charge on any atom is 0.119 e. The Morgan fingerprint density at radius 2 is 1.86 bits per heavy atom. The van der Waals surface area contributed by atoms with Gasteiger partial charge in [-0.05, 0) is 43.3 Å². The van der Waals surface area contributed by atoms with E-state index in [4.69, 9.17) is 22.1 Å². The highest BCUT2D eigenvalue weighted by Crippen LogP contribution is 2.34. The van der Waals surface area contributed by atoms with Gasteiger partial charge < -0.3 is 10.5 Å². The predicted molar refractivity (Wildman–Crippen MR) is 85.7 cm³/mol. The van der Waals surface area contributed by atoms with Crippen molar-refractivity contribution in [2.45, 2.75) is 6.92 Å². The molecule has 0 unspecified atom stereocenters. The first-order chi connectivity index (χ1) is 10.1. The van der Waals surface area contributed by atoms with Crippen LogP contribution < -0.4 is 10.5 Å². The van der Waals surface area contributed by atoms with E-state index in [1.165, 1.54) is 0 Å². The number of aryl methyl sites for hydroxylation is 1. The average Bonchev–Trinajstić information content (AvgIpc) is 2.48. The molecule has 0 aliphatic heterocycles. The van der Waals surface area contributed by atoms with Crippen molar-refractivity contribution in [2.24, 2.45) is 0 Å². The number of hydrogen-bond acceptors (Lipinski definition) is 4. The van der Waals surface area contributed by atoms with Gasteiger partial charge in [0.1, 0.15) is 11.4 Å². The van der Waals surface area contributed by atoms with E-state index >= 15 is 0 Å². The summed E-state index contributed by atoms with van der Waals surface area (Å²) in [5.74, 6) is 0.767. The van der Waals surface area contributed by atoms with Crippen LogP contribution in [-0.4, -0.2) is 17.3 Å². The summed E-state index contributed by atoms with van der Waals surface area (Å²) in [6, 6.07) is 11.2. The lowest BCUT2D eigenvalue weighted by atomic mass is 10.0. The number of nitrogens with two attached hydrogens (primary N) is 1. The molecule has 21 heavy (non-hydrogen) atoms. The summed E-state index contributed by atoms with van der Waals surface area (Å²) >= 11 is 5.96. The van der Waals surface area contributed by atoms with Crippen molar-refractivity contribution in [3.63, 3.8) is 0 Å². The third-order valence-electron chi connectivity index (χ3n) is 3.44. The van der Waals surface area contributed by atoms with E-state index in [1.54, 1.807) is 19.2 Å². The minimum Gasteiger partial charge on any atom is -0.497 e. The smallest absolute Gasteiger partial charge is 0.119 e. The van der Waals surface area contributed by atoms with Crippen LogP contribution in [0.4, 0.5) is 5.69 Å². The third kappa shape index (κ3) is 2.38. The van der Waals surface area contributed by atoms with Gasteiger partial charge in [0, 0.05) is 27.0 Å². The molecule has 0 amide bonds. The maximum absolute atomic E-state index is 6.07. The number of benzene rings is 2. The summed E-state index contributed by atoms with van der Waals surface area (Å²) in [7, 11) is 1.64. The second-order valence-corrected chi connectivity index (χ2v) is 5.21. The molecular formula is C16H14ClN3O. The molecule has 3 aromatic rings. The first kappa shape index (κ1) is 13.6. The number of halogens is 1. The Morgan fingerprint density at radius 3 is 2.57 bits per heavy atom. The van der Waals surface area contributed by atoms with Crippen molar-refractivity contribution in [2.75, 3.05) is 12.8 Å². The molecule has 0 radical (unpaired) electrons. The Labute approximate surface area is 127 Å². The van der Waals surface area contributed by atoms with Crippen LogP contribution in [0.25, 0.3) is 22.0 Å². The second-order valence-electron chi connectivity index (χ2n) is 4.78. The standard InChI is InChI=1S/C16H14ClN3O/c1-9-12-6-4-11(21-2)8-14(12)16(20-19-9)13-5-3-10(17)7-15(13)18/h3-8H,18H2,1-2H3. The molecule has 0 spiro atoms. The number of aromatic nitrogens is 2. The molecule has 5 heteroatoms. The predicted octanol–water partition coefficient (Wildman–Crippen LogP) is 3.85. The van der Waals surface area contributed by atoms with Crippen molar-refractivity contribution >= 4 is 28.1 Å². The van der Waals surface area contributed by atoms with E-state index in [9.17, 15) is 0 Å². The number of ether oxygens (including phenoxy) is 1. The third-order valence-corrected chi connectivity index (χ3v) is 3.68. The molecule has 0 saturated carbocycles. The van der Waals surface area contributed by atoms with Crippen LogP contribution in [0.1, 0.15) is 5.69 Å². The van der Waals surface area contributed by atoms with Crippen molar-refractivity contribution < 1.29 is 4.74 Å². The summed E-state index contributed by atoms with van der Waals surface area (Å²) in [6.45, 7) is 1.93. The van der Waals surface area contributed by atoms with Gasteiger partial charge >= 0.3 is 0 Å². The molecule has 2 N–H and O–H groups in total. The van der Waals surface area contributed by atoms with Gasteiger partial charge in [-0.15, -0.1) is 5.10 Å². The maximum atomic E-state index is 6.07. The van der Waals surface area contributed by atoms with Crippen LogP contribution in [0.3, 0.4) is 0 Å².